The van der Waals surface area contributed by atoms with Crippen molar-refractivity contribution in [2.24, 2.45) is 12.1 Å². The fraction of sp³-hybridized carbons (Fsp3) is 0.188. The number of nitrogens with one attached hydrogen (secondary N) is 1. The zero-order chi connectivity index (χ0) is 16.8. The van der Waals surface area contributed by atoms with Gasteiger partial charge in [-0.1, -0.05) is 0 Å². The number of phenols is 1. The third-order valence-electron chi connectivity index (χ3n) is 3.03. The van der Waals surface area contributed by atoms with Gasteiger partial charge in [-0.25, -0.2) is 5.43 Å². The van der Waals surface area contributed by atoms with Crippen LogP contribution < -0.4 is 15.7 Å². The van der Waals surface area contributed by atoms with Crippen LogP contribution in [0.5, 0.6) is 11.5 Å². The van der Waals surface area contributed by atoms with Crippen LogP contribution in [0.25, 0.3) is 0 Å². The molecule has 1 heterocycles. The summed E-state index contributed by atoms with van der Waals surface area (Å²) in [6.45, 7) is 2.23. The number of carbonyl (C=O) groups excluding carboxylic acids is 1. The molecule has 0 aliphatic heterocycles. The van der Waals surface area contributed by atoms with Gasteiger partial charge in [0.25, 0.3) is 11.5 Å². The van der Waals surface area contributed by atoms with Gasteiger partial charge >= 0.3 is 0 Å². The number of hydrogen-bond acceptors (Lipinski definition) is 5. The second-order valence-corrected chi connectivity index (χ2v) is 4.70. The highest BCUT2D eigenvalue weighted by atomic mass is 16.5. The molecule has 7 nitrogen and oxygen atoms in total. The molecule has 0 atom stereocenters. The second kappa shape index (κ2) is 7.26. The molecule has 23 heavy (non-hydrogen) atoms. The van der Waals surface area contributed by atoms with Crippen molar-refractivity contribution in [2.45, 2.75) is 6.92 Å². The van der Waals surface area contributed by atoms with Gasteiger partial charge in [0, 0.05) is 13.2 Å². The van der Waals surface area contributed by atoms with Crippen molar-refractivity contribution in [1.82, 2.24) is 9.99 Å². The van der Waals surface area contributed by atoms with Crippen LogP contribution in [0.2, 0.25) is 0 Å². The lowest BCUT2D eigenvalue weighted by Gasteiger charge is -2.06. The van der Waals surface area contributed by atoms with Crippen molar-refractivity contribution in [2.75, 3.05) is 6.61 Å². The highest BCUT2D eigenvalue weighted by Crippen LogP contribution is 2.26. The number of hydrogen-bond donors (Lipinski definition) is 2. The topological polar surface area (TPSA) is 92.9 Å². The summed E-state index contributed by atoms with van der Waals surface area (Å²) in [7, 11) is 1.56. The first kappa shape index (κ1) is 16.3. The molecular weight excluding hydrogens is 298 g/mol. The van der Waals surface area contributed by atoms with E-state index in [-0.39, 0.29) is 11.3 Å². The number of pyridine rings is 1. The van der Waals surface area contributed by atoms with E-state index in [1.165, 1.54) is 22.9 Å². The van der Waals surface area contributed by atoms with E-state index in [1.54, 1.807) is 38.4 Å². The Hall–Kier alpha value is -3.09. The van der Waals surface area contributed by atoms with Crippen molar-refractivity contribution < 1.29 is 14.6 Å². The van der Waals surface area contributed by atoms with Gasteiger partial charge in [0.1, 0.15) is 5.56 Å². The van der Waals surface area contributed by atoms with Gasteiger partial charge in [0.2, 0.25) is 0 Å². The summed E-state index contributed by atoms with van der Waals surface area (Å²) in [5.41, 5.74) is 2.54. The predicted molar refractivity (Wildman–Crippen MR) is 86.0 cm³/mol. The summed E-state index contributed by atoms with van der Waals surface area (Å²) in [6, 6.07) is 7.72. The summed E-state index contributed by atoms with van der Waals surface area (Å²) < 4.78 is 6.57. The summed E-state index contributed by atoms with van der Waals surface area (Å²) >= 11 is 0. The van der Waals surface area contributed by atoms with Crippen molar-refractivity contribution in [1.29, 1.82) is 0 Å². The van der Waals surface area contributed by atoms with Crippen LogP contribution in [-0.4, -0.2) is 28.4 Å². The molecule has 0 aliphatic carbocycles. The number of aromatic hydroxyl groups is 1. The number of amides is 1. The van der Waals surface area contributed by atoms with Gasteiger partial charge in [-0.3, -0.25) is 9.59 Å². The van der Waals surface area contributed by atoms with Gasteiger partial charge in [0.15, 0.2) is 11.5 Å². The fourth-order valence-corrected chi connectivity index (χ4v) is 1.88. The minimum Gasteiger partial charge on any atom is -0.504 e. The number of carbonyl (C=O) groups is 1. The summed E-state index contributed by atoms with van der Waals surface area (Å²) in [6.07, 6.45) is 2.96. The quantitative estimate of drug-likeness (QED) is 0.641. The van der Waals surface area contributed by atoms with E-state index < -0.39 is 11.5 Å². The summed E-state index contributed by atoms with van der Waals surface area (Å²) in [5.74, 6) is -0.230. The number of rotatable bonds is 5. The lowest BCUT2D eigenvalue weighted by molar-refractivity contribution is 0.0953. The molecule has 0 spiro atoms. The first-order valence-corrected chi connectivity index (χ1v) is 6.97. The molecule has 1 aromatic carbocycles. The molecule has 0 bridgehead atoms. The molecule has 0 unspecified atom stereocenters. The molecule has 2 aromatic rings. The Kier molecular flexibility index (Phi) is 5.14. The molecular formula is C16H17N3O4. The van der Waals surface area contributed by atoms with Gasteiger partial charge in [0.05, 0.1) is 12.8 Å². The maximum Gasteiger partial charge on any atom is 0.276 e. The van der Waals surface area contributed by atoms with Gasteiger partial charge in [-0.2, -0.15) is 5.10 Å². The molecule has 2 rings (SSSR count). The Morgan fingerprint density at radius 2 is 2.22 bits per heavy atom. The standard InChI is InChI=1S/C16H17N3O4/c1-3-23-14-9-11(6-7-13(14)20)10-17-18-15(21)12-5-4-8-19(2)16(12)22/h4-10,20H,3H2,1-2H3,(H,18,21)/b17-10-. The molecule has 0 fully saturated rings. The number of nitrogens with zero attached hydrogens (tertiary/aromatic N) is 2. The van der Waals surface area contributed by atoms with Crippen molar-refractivity contribution in [3.63, 3.8) is 0 Å². The number of aryl methyl sites for hydroxylation is 1. The molecule has 1 amide bonds. The van der Waals surface area contributed by atoms with E-state index in [4.69, 9.17) is 4.74 Å². The van der Waals surface area contributed by atoms with Crippen LogP contribution >= 0.6 is 0 Å². The number of hydrazone groups is 1. The van der Waals surface area contributed by atoms with E-state index in [2.05, 4.69) is 10.5 Å². The van der Waals surface area contributed by atoms with Crippen LogP contribution in [-0.2, 0) is 7.05 Å². The number of aromatic nitrogens is 1. The molecule has 1 aromatic heterocycles. The minimum absolute atomic E-state index is 0.00728. The van der Waals surface area contributed by atoms with Crippen LogP contribution in [0.1, 0.15) is 22.8 Å². The number of phenolic OH excluding ortho intramolecular Hbond substituents is 1. The largest absolute Gasteiger partial charge is 0.504 e. The van der Waals surface area contributed by atoms with Gasteiger partial charge in [-0.15, -0.1) is 0 Å². The normalized spacial score (nSPS) is 10.7. The number of ether oxygens (including phenoxy) is 1. The van der Waals surface area contributed by atoms with Crippen molar-refractivity contribution in [3.05, 3.63) is 58.0 Å². The van der Waals surface area contributed by atoms with Crippen molar-refractivity contribution in [3.8, 4) is 11.5 Å². The molecule has 7 heteroatoms. The SMILES string of the molecule is CCOc1cc(/C=N\NC(=O)c2cccn(C)c2=O)ccc1O. The maximum absolute atomic E-state index is 11.9. The third-order valence-corrected chi connectivity index (χ3v) is 3.03. The van der Waals surface area contributed by atoms with E-state index in [0.717, 1.165) is 0 Å². The van der Waals surface area contributed by atoms with Crippen LogP contribution in [0.4, 0.5) is 0 Å². The lowest BCUT2D eigenvalue weighted by atomic mass is 10.2. The molecule has 0 saturated heterocycles. The number of benzene rings is 1. The first-order chi connectivity index (χ1) is 11.0. The van der Waals surface area contributed by atoms with Gasteiger partial charge < -0.3 is 14.4 Å². The maximum atomic E-state index is 11.9. The molecule has 0 radical (unpaired) electrons. The third kappa shape index (κ3) is 3.97. The van der Waals surface area contributed by atoms with Crippen molar-refractivity contribution >= 4 is 12.1 Å². The highest BCUT2D eigenvalue weighted by Gasteiger charge is 2.09. The molecule has 2 N–H and O–H groups in total. The molecule has 0 saturated carbocycles. The van der Waals surface area contributed by atoms with Crippen LogP contribution in [0.3, 0.4) is 0 Å². The summed E-state index contributed by atoms with van der Waals surface area (Å²) in [5, 5.41) is 13.4. The minimum atomic E-state index is -0.591. The van der Waals surface area contributed by atoms with E-state index in [1.807, 2.05) is 0 Å². The lowest BCUT2D eigenvalue weighted by Crippen LogP contribution is -2.29. The van der Waals surface area contributed by atoms with E-state index in [0.29, 0.717) is 17.9 Å². The summed E-state index contributed by atoms with van der Waals surface area (Å²) in [4.78, 5) is 23.7. The monoisotopic (exact) mass is 315 g/mol. The molecule has 120 valence electrons. The van der Waals surface area contributed by atoms with E-state index in [9.17, 15) is 14.7 Å². The first-order valence-electron chi connectivity index (χ1n) is 6.97. The van der Waals surface area contributed by atoms with Crippen LogP contribution in [0.15, 0.2) is 46.4 Å². The Morgan fingerprint density at radius 3 is 2.96 bits per heavy atom. The van der Waals surface area contributed by atoms with Crippen LogP contribution in [0, 0.1) is 0 Å². The zero-order valence-corrected chi connectivity index (χ0v) is 12.8. The fourth-order valence-electron chi connectivity index (χ4n) is 1.88. The Balaban J connectivity index is 2.09. The second-order valence-electron chi connectivity index (χ2n) is 4.70. The highest BCUT2D eigenvalue weighted by molar-refractivity contribution is 5.94. The van der Waals surface area contributed by atoms with E-state index >= 15 is 0 Å². The Labute approximate surface area is 132 Å². The zero-order valence-electron chi connectivity index (χ0n) is 12.8. The Morgan fingerprint density at radius 1 is 1.43 bits per heavy atom. The van der Waals surface area contributed by atoms with Gasteiger partial charge in [-0.05, 0) is 42.8 Å². The average molecular weight is 315 g/mol. The molecule has 0 aliphatic rings. The smallest absolute Gasteiger partial charge is 0.276 e. The Bertz CT molecular complexity index is 796. The predicted octanol–water partition coefficient (Wildman–Crippen LogP) is 1.25. The average Bonchev–Trinajstić information content (AvgIpc) is 2.53.